The third-order valence-electron chi connectivity index (χ3n) is 4.37. The number of rotatable bonds is 5. The number of hydrogen-bond donors (Lipinski definition) is 1. The maximum Gasteiger partial charge on any atom is 0.241 e. The first-order valence-electron chi connectivity index (χ1n) is 8.34. The van der Waals surface area contributed by atoms with Gasteiger partial charge in [-0.3, -0.25) is 4.31 Å². The van der Waals surface area contributed by atoms with Gasteiger partial charge in [0, 0.05) is 6.54 Å². The van der Waals surface area contributed by atoms with Crippen molar-refractivity contribution in [1.29, 1.82) is 0 Å². The first-order valence-corrected chi connectivity index (χ1v) is 11.4. The van der Waals surface area contributed by atoms with E-state index in [-0.39, 0.29) is 17.2 Å². The topological polar surface area (TPSA) is 96.7 Å². The normalized spacial score (nSPS) is 17.4. The van der Waals surface area contributed by atoms with Gasteiger partial charge in [0.15, 0.2) is 0 Å². The van der Waals surface area contributed by atoms with E-state index in [1.54, 1.807) is 38.1 Å². The molecule has 26 heavy (non-hydrogen) atoms. The van der Waals surface area contributed by atoms with Crippen molar-refractivity contribution in [3.8, 4) is 0 Å². The Morgan fingerprint density at radius 3 is 2.46 bits per heavy atom. The molecule has 3 rings (SSSR count). The minimum Gasteiger partial charge on any atom is -0.468 e. The number of anilines is 1. The molecule has 1 N–H and O–H groups in total. The lowest BCUT2D eigenvalue weighted by atomic mass is 10.1. The van der Waals surface area contributed by atoms with Gasteiger partial charge in [-0.15, -0.1) is 0 Å². The largest absolute Gasteiger partial charge is 0.468 e. The number of nitrogens with one attached hydrogen (secondary N) is 1. The molecule has 9 heteroatoms. The predicted molar refractivity (Wildman–Crippen MR) is 99.0 cm³/mol. The molecule has 2 heterocycles. The summed E-state index contributed by atoms with van der Waals surface area (Å²) in [4.78, 5) is 0.169. The first-order chi connectivity index (χ1) is 12.2. The Morgan fingerprint density at radius 2 is 1.88 bits per heavy atom. The molecule has 7 nitrogen and oxygen atoms in total. The molecule has 1 aromatic heterocycles. The van der Waals surface area contributed by atoms with Gasteiger partial charge in [-0.25, -0.2) is 21.6 Å². The highest BCUT2D eigenvalue weighted by atomic mass is 32.2. The molecule has 0 amide bonds. The van der Waals surface area contributed by atoms with Crippen LogP contribution in [0.3, 0.4) is 0 Å². The highest BCUT2D eigenvalue weighted by molar-refractivity contribution is 7.92. The second-order valence-electron chi connectivity index (χ2n) is 6.41. The van der Waals surface area contributed by atoms with Crippen LogP contribution in [0.25, 0.3) is 0 Å². The van der Waals surface area contributed by atoms with Crippen LogP contribution in [-0.2, 0) is 26.6 Å². The lowest BCUT2D eigenvalue weighted by Gasteiger charge is -2.29. The minimum absolute atomic E-state index is 0.0521. The molecule has 0 unspecified atom stereocenters. The van der Waals surface area contributed by atoms with Crippen LogP contribution >= 0.6 is 0 Å². The molecule has 0 spiro atoms. The van der Waals surface area contributed by atoms with E-state index in [1.807, 2.05) is 0 Å². The van der Waals surface area contributed by atoms with Gasteiger partial charge in [0.1, 0.15) is 5.76 Å². The number of nitrogens with zero attached hydrogens (tertiary/aromatic N) is 1. The van der Waals surface area contributed by atoms with E-state index in [1.165, 1.54) is 10.6 Å². The maximum absolute atomic E-state index is 12.7. The summed E-state index contributed by atoms with van der Waals surface area (Å²) in [5.41, 5.74) is 1.53. The first kappa shape index (κ1) is 18.9. The quantitative estimate of drug-likeness (QED) is 0.834. The van der Waals surface area contributed by atoms with Crippen LogP contribution in [0.5, 0.6) is 0 Å². The SMILES string of the molecule is Cc1cc(N2CCCCS2(=O)=O)cc(C)c1S(=O)(=O)NCc1ccco1. The third-order valence-corrected chi connectivity index (χ3v) is 7.94. The molecule has 1 fully saturated rings. The van der Waals surface area contributed by atoms with Crippen molar-refractivity contribution in [1.82, 2.24) is 4.72 Å². The van der Waals surface area contributed by atoms with Gasteiger partial charge in [-0.1, -0.05) is 0 Å². The Kier molecular flexibility index (Phi) is 5.14. The van der Waals surface area contributed by atoms with Crippen LogP contribution < -0.4 is 9.03 Å². The molecule has 1 aliphatic heterocycles. The molecule has 0 aliphatic carbocycles. The summed E-state index contributed by atoms with van der Waals surface area (Å²) in [6.07, 6.45) is 2.93. The lowest BCUT2D eigenvalue weighted by molar-refractivity contribution is 0.498. The van der Waals surface area contributed by atoms with E-state index in [9.17, 15) is 16.8 Å². The Bertz CT molecular complexity index is 973. The number of sulfonamides is 2. The summed E-state index contributed by atoms with van der Waals surface area (Å²) in [6.45, 7) is 3.82. The Labute approximate surface area is 154 Å². The van der Waals surface area contributed by atoms with Crippen LogP contribution in [0.4, 0.5) is 5.69 Å². The van der Waals surface area contributed by atoms with Crippen LogP contribution in [0.15, 0.2) is 39.8 Å². The van der Waals surface area contributed by atoms with Gasteiger partial charge >= 0.3 is 0 Å². The molecule has 0 saturated carbocycles. The van der Waals surface area contributed by atoms with Crippen molar-refractivity contribution in [2.75, 3.05) is 16.6 Å². The fraction of sp³-hybridized carbons (Fsp3) is 0.412. The molecule has 0 bridgehead atoms. The van der Waals surface area contributed by atoms with Crippen LogP contribution in [0, 0.1) is 13.8 Å². The summed E-state index contributed by atoms with van der Waals surface area (Å²) in [7, 11) is -7.09. The van der Waals surface area contributed by atoms with Crippen LogP contribution in [0.1, 0.15) is 29.7 Å². The van der Waals surface area contributed by atoms with Crippen molar-refractivity contribution in [3.05, 3.63) is 47.4 Å². The summed E-state index contributed by atoms with van der Waals surface area (Å²) in [6, 6.07) is 6.62. The second-order valence-corrected chi connectivity index (χ2v) is 10.1. The van der Waals surface area contributed by atoms with E-state index in [0.29, 0.717) is 35.5 Å². The summed E-state index contributed by atoms with van der Waals surface area (Å²) in [5, 5.41) is 0. The predicted octanol–water partition coefficient (Wildman–Crippen LogP) is 2.30. The van der Waals surface area contributed by atoms with E-state index in [0.717, 1.165) is 6.42 Å². The van der Waals surface area contributed by atoms with Gasteiger partial charge in [0.25, 0.3) is 0 Å². The lowest BCUT2D eigenvalue weighted by Crippen LogP contribution is -2.38. The second kappa shape index (κ2) is 7.05. The molecule has 1 aromatic carbocycles. The van der Waals surface area contributed by atoms with E-state index in [2.05, 4.69) is 4.72 Å². The van der Waals surface area contributed by atoms with Crippen molar-refractivity contribution in [2.45, 2.75) is 38.1 Å². The molecule has 0 atom stereocenters. The van der Waals surface area contributed by atoms with Gasteiger partial charge in [0.05, 0.1) is 29.1 Å². The van der Waals surface area contributed by atoms with Gasteiger partial charge < -0.3 is 4.42 Å². The average Bonchev–Trinajstić information content (AvgIpc) is 3.05. The zero-order valence-electron chi connectivity index (χ0n) is 14.7. The van der Waals surface area contributed by atoms with Gasteiger partial charge in [0.2, 0.25) is 20.0 Å². The van der Waals surface area contributed by atoms with Gasteiger partial charge in [-0.05, 0) is 62.1 Å². The molecular weight excluding hydrogens is 376 g/mol. The molecule has 1 aliphatic rings. The summed E-state index contributed by atoms with van der Waals surface area (Å²) in [5.74, 6) is 0.635. The van der Waals surface area contributed by atoms with Crippen LogP contribution in [0.2, 0.25) is 0 Å². The number of aryl methyl sites for hydroxylation is 2. The van der Waals surface area contributed by atoms with Crippen molar-refractivity contribution in [3.63, 3.8) is 0 Å². The summed E-state index contributed by atoms with van der Waals surface area (Å²) >= 11 is 0. The monoisotopic (exact) mass is 398 g/mol. The molecular formula is C17H22N2O5S2. The minimum atomic E-state index is -3.75. The Hall–Kier alpha value is -1.84. The van der Waals surface area contributed by atoms with E-state index >= 15 is 0 Å². The molecule has 0 radical (unpaired) electrons. The van der Waals surface area contributed by atoms with Crippen molar-refractivity contribution < 1.29 is 21.3 Å². The highest BCUT2D eigenvalue weighted by Crippen LogP contribution is 2.30. The van der Waals surface area contributed by atoms with Crippen molar-refractivity contribution in [2.24, 2.45) is 0 Å². The maximum atomic E-state index is 12.7. The Balaban J connectivity index is 1.92. The number of furan rings is 1. The standard InChI is InChI=1S/C17H22N2O5S2/c1-13-10-15(19-7-3-4-9-25(19,20)21)11-14(2)17(13)26(22,23)18-12-16-6-5-8-24-16/h5-6,8,10-11,18H,3-4,7,9,12H2,1-2H3. The van der Waals surface area contributed by atoms with Crippen molar-refractivity contribution >= 4 is 25.7 Å². The van der Waals surface area contributed by atoms with Crippen LogP contribution in [-0.4, -0.2) is 29.1 Å². The summed E-state index contributed by atoms with van der Waals surface area (Å²) < 4.78 is 59.1. The fourth-order valence-electron chi connectivity index (χ4n) is 3.23. The molecule has 1 saturated heterocycles. The van der Waals surface area contributed by atoms with E-state index in [4.69, 9.17) is 4.42 Å². The third kappa shape index (κ3) is 3.79. The van der Waals surface area contributed by atoms with E-state index < -0.39 is 20.0 Å². The smallest absolute Gasteiger partial charge is 0.241 e. The highest BCUT2D eigenvalue weighted by Gasteiger charge is 2.28. The fourth-order valence-corrected chi connectivity index (χ4v) is 6.29. The molecule has 142 valence electrons. The van der Waals surface area contributed by atoms with Gasteiger partial charge in [-0.2, -0.15) is 0 Å². The number of hydrogen-bond acceptors (Lipinski definition) is 5. The molecule has 2 aromatic rings. The average molecular weight is 399 g/mol. The zero-order valence-corrected chi connectivity index (χ0v) is 16.4. The Morgan fingerprint density at radius 1 is 1.19 bits per heavy atom. The zero-order chi connectivity index (χ0) is 18.9. The number of benzene rings is 1.